The minimum Gasteiger partial charge on any atom is -0.464 e. The van der Waals surface area contributed by atoms with Crippen LogP contribution in [0.1, 0.15) is 27.1 Å². The number of ketones is 1. The molecule has 3 rings (SSSR count). The number of rotatable bonds is 3. The fourth-order valence-corrected chi connectivity index (χ4v) is 2.89. The SMILES string of the molecule is COC(=O)c1nc(-c2ccc3c(c2)OCO3)sc1C(C)=O. The lowest BCUT2D eigenvalue weighted by atomic mass is 10.2. The quantitative estimate of drug-likeness (QED) is 0.641. The van der Waals surface area contributed by atoms with Crippen molar-refractivity contribution >= 4 is 23.1 Å². The van der Waals surface area contributed by atoms with Gasteiger partial charge in [0, 0.05) is 12.5 Å². The first-order valence-corrected chi connectivity index (χ1v) is 6.92. The Morgan fingerprint density at radius 3 is 2.76 bits per heavy atom. The van der Waals surface area contributed by atoms with Crippen LogP contribution in [0.2, 0.25) is 0 Å². The summed E-state index contributed by atoms with van der Waals surface area (Å²) in [5.41, 5.74) is 0.796. The number of methoxy groups -OCH3 is 1. The molecule has 0 spiro atoms. The van der Waals surface area contributed by atoms with E-state index in [1.165, 1.54) is 14.0 Å². The van der Waals surface area contributed by atoms with Crippen LogP contribution < -0.4 is 9.47 Å². The van der Waals surface area contributed by atoms with E-state index in [1.54, 1.807) is 18.2 Å². The third-order valence-electron chi connectivity index (χ3n) is 2.95. The molecule has 1 aliphatic rings. The third kappa shape index (κ3) is 2.36. The van der Waals surface area contributed by atoms with E-state index in [0.29, 0.717) is 16.5 Å². The number of carbonyl (C=O) groups is 2. The third-order valence-corrected chi connectivity index (χ3v) is 4.15. The largest absolute Gasteiger partial charge is 0.464 e. The highest BCUT2D eigenvalue weighted by Crippen LogP contribution is 2.37. The van der Waals surface area contributed by atoms with E-state index in [4.69, 9.17) is 9.47 Å². The molecule has 0 fully saturated rings. The number of esters is 1. The molecule has 0 atom stereocenters. The summed E-state index contributed by atoms with van der Waals surface area (Å²) in [4.78, 5) is 27.8. The van der Waals surface area contributed by atoms with Gasteiger partial charge < -0.3 is 14.2 Å². The summed E-state index contributed by atoms with van der Waals surface area (Å²) in [6.45, 7) is 1.58. The van der Waals surface area contributed by atoms with Crippen molar-refractivity contribution in [2.45, 2.75) is 6.92 Å². The van der Waals surface area contributed by atoms with Gasteiger partial charge in [-0.25, -0.2) is 9.78 Å². The molecular weight excluding hydrogens is 294 g/mol. The van der Waals surface area contributed by atoms with Crippen molar-refractivity contribution in [3.63, 3.8) is 0 Å². The zero-order chi connectivity index (χ0) is 15.0. The number of Topliss-reactive ketones (excluding diaryl/α,β-unsaturated/α-hetero) is 1. The maximum absolute atomic E-state index is 11.7. The second-order valence-electron chi connectivity index (χ2n) is 4.31. The summed E-state index contributed by atoms with van der Waals surface area (Å²) in [5, 5.41) is 0.555. The summed E-state index contributed by atoms with van der Waals surface area (Å²) in [7, 11) is 1.26. The Bertz CT molecular complexity index is 737. The molecular formula is C14H11NO5S. The van der Waals surface area contributed by atoms with Gasteiger partial charge in [0.05, 0.1) is 7.11 Å². The summed E-state index contributed by atoms with van der Waals surface area (Å²) < 4.78 is 15.2. The maximum Gasteiger partial charge on any atom is 0.358 e. The van der Waals surface area contributed by atoms with E-state index in [1.807, 2.05) is 0 Å². The molecule has 1 aliphatic heterocycles. The molecule has 0 aliphatic carbocycles. The van der Waals surface area contributed by atoms with Gasteiger partial charge in [0.15, 0.2) is 23.0 Å². The van der Waals surface area contributed by atoms with Crippen LogP contribution in [0.4, 0.5) is 0 Å². The number of hydrogen-bond donors (Lipinski definition) is 0. The number of benzene rings is 1. The smallest absolute Gasteiger partial charge is 0.358 e. The lowest BCUT2D eigenvalue weighted by Gasteiger charge is -1.99. The Morgan fingerprint density at radius 2 is 2.05 bits per heavy atom. The molecule has 2 heterocycles. The normalized spacial score (nSPS) is 12.3. The van der Waals surface area contributed by atoms with E-state index in [2.05, 4.69) is 9.72 Å². The van der Waals surface area contributed by atoms with Gasteiger partial charge in [0.25, 0.3) is 0 Å². The van der Waals surface area contributed by atoms with Gasteiger partial charge in [0.2, 0.25) is 6.79 Å². The minimum absolute atomic E-state index is 0.0441. The highest BCUT2D eigenvalue weighted by atomic mass is 32.1. The minimum atomic E-state index is -0.622. The molecule has 2 aromatic rings. The van der Waals surface area contributed by atoms with Crippen molar-refractivity contribution in [3.05, 3.63) is 28.8 Å². The molecule has 6 nitrogen and oxygen atoms in total. The first kappa shape index (κ1) is 13.6. The van der Waals surface area contributed by atoms with Crippen molar-refractivity contribution < 1.29 is 23.8 Å². The second-order valence-corrected chi connectivity index (χ2v) is 5.31. The van der Waals surface area contributed by atoms with Crippen LogP contribution in [0.15, 0.2) is 18.2 Å². The van der Waals surface area contributed by atoms with Crippen molar-refractivity contribution in [3.8, 4) is 22.1 Å². The Labute approximate surface area is 124 Å². The first-order chi connectivity index (χ1) is 10.1. The Balaban J connectivity index is 2.07. The van der Waals surface area contributed by atoms with Gasteiger partial charge in [-0.05, 0) is 18.2 Å². The van der Waals surface area contributed by atoms with Gasteiger partial charge in [-0.3, -0.25) is 4.79 Å². The average molecular weight is 305 g/mol. The van der Waals surface area contributed by atoms with Gasteiger partial charge in [0.1, 0.15) is 9.88 Å². The zero-order valence-electron chi connectivity index (χ0n) is 11.3. The summed E-state index contributed by atoms with van der Waals surface area (Å²) in [6, 6.07) is 5.34. The van der Waals surface area contributed by atoms with Crippen LogP contribution in [0.3, 0.4) is 0 Å². The number of fused-ring (bicyclic) bond motifs is 1. The molecule has 0 bridgehead atoms. The number of thiazole rings is 1. The highest BCUT2D eigenvalue weighted by Gasteiger charge is 2.23. The number of hydrogen-bond acceptors (Lipinski definition) is 7. The van der Waals surface area contributed by atoms with E-state index < -0.39 is 5.97 Å². The number of nitrogens with zero attached hydrogens (tertiary/aromatic N) is 1. The molecule has 108 valence electrons. The van der Waals surface area contributed by atoms with E-state index in [0.717, 1.165) is 16.9 Å². The molecule has 7 heteroatoms. The van der Waals surface area contributed by atoms with Gasteiger partial charge in [-0.2, -0.15) is 0 Å². The summed E-state index contributed by atoms with van der Waals surface area (Å²) in [5.74, 6) is 0.435. The lowest BCUT2D eigenvalue weighted by molar-refractivity contribution is 0.0591. The van der Waals surface area contributed by atoms with E-state index in [9.17, 15) is 9.59 Å². The zero-order valence-corrected chi connectivity index (χ0v) is 12.2. The van der Waals surface area contributed by atoms with Crippen molar-refractivity contribution in [2.75, 3.05) is 13.9 Å². The predicted octanol–water partition coefficient (Wildman–Crippen LogP) is 2.53. The van der Waals surface area contributed by atoms with Crippen molar-refractivity contribution in [1.82, 2.24) is 4.98 Å². The molecule has 0 unspecified atom stereocenters. The molecule has 21 heavy (non-hydrogen) atoms. The van der Waals surface area contributed by atoms with Crippen LogP contribution in [0.25, 0.3) is 10.6 Å². The number of aromatic nitrogens is 1. The Morgan fingerprint density at radius 1 is 1.29 bits per heavy atom. The molecule has 0 saturated carbocycles. The summed E-state index contributed by atoms with van der Waals surface area (Å²) >= 11 is 1.15. The highest BCUT2D eigenvalue weighted by molar-refractivity contribution is 7.17. The fraction of sp³-hybridized carbons (Fsp3) is 0.214. The average Bonchev–Trinajstić information content (AvgIpc) is 3.11. The molecule has 1 aromatic heterocycles. The fourth-order valence-electron chi connectivity index (χ4n) is 1.95. The standard InChI is InChI=1S/C14H11NO5S/c1-7(16)12-11(14(17)18-2)15-13(21-12)8-3-4-9-10(5-8)20-6-19-9/h3-5H,6H2,1-2H3. The van der Waals surface area contributed by atoms with Crippen LogP contribution in [-0.4, -0.2) is 30.6 Å². The van der Waals surface area contributed by atoms with E-state index >= 15 is 0 Å². The topological polar surface area (TPSA) is 74.7 Å². The Kier molecular flexibility index (Phi) is 3.34. The van der Waals surface area contributed by atoms with Crippen LogP contribution >= 0.6 is 11.3 Å². The first-order valence-electron chi connectivity index (χ1n) is 6.10. The molecule has 0 radical (unpaired) electrons. The summed E-state index contributed by atoms with van der Waals surface area (Å²) in [6.07, 6.45) is 0. The second kappa shape index (κ2) is 5.17. The van der Waals surface area contributed by atoms with Gasteiger partial charge >= 0.3 is 5.97 Å². The van der Waals surface area contributed by atoms with E-state index in [-0.39, 0.29) is 23.1 Å². The number of ether oxygens (including phenoxy) is 3. The molecule has 0 saturated heterocycles. The van der Waals surface area contributed by atoms with Crippen LogP contribution in [-0.2, 0) is 4.74 Å². The van der Waals surface area contributed by atoms with Gasteiger partial charge in [-0.15, -0.1) is 11.3 Å². The molecule has 0 amide bonds. The van der Waals surface area contributed by atoms with Crippen LogP contribution in [0, 0.1) is 0 Å². The van der Waals surface area contributed by atoms with Crippen molar-refractivity contribution in [2.24, 2.45) is 0 Å². The lowest BCUT2D eigenvalue weighted by Crippen LogP contribution is -2.06. The predicted molar refractivity (Wildman–Crippen MR) is 75.0 cm³/mol. The Hall–Kier alpha value is -2.41. The maximum atomic E-state index is 11.7. The van der Waals surface area contributed by atoms with Crippen molar-refractivity contribution in [1.29, 1.82) is 0 Å². The van der Waals surface area contributed by atoms with Crippen LogP contribution in [0.5, 0.6) is 11.5 Å². The van der Waals surface area contributed by atoms with Gasteiger partial charge in [-0.1, -0.05) is 0 Å². The number of carbonyl (C=O) groups excluding carboxylic acids is 2. The molecule has 0 N–H and O–H groups in total. The monoisotopic (exact) mass is 305 g/mol. The molecule has 1 aromatic carbocycles.